The zero-order valence-corrected chi connectivity index (χ0v) is 8.01. The third kappa shape index (κ3) is 1.90. The summed E-state index contributed by atoms with van der Waals surface area (Å²) in [5.74, 6) is 0. The molecule has 0 aliphatic rings. The van der Waals surface area contributed by atoms with Gasteiger partial charge in [0.1, 0.15) is 0 Å². The molecule has 0 saturated carbocycles. The van der Waals surface area contributed by atoms with Crippen molar-refractivity contribution in [1.29, 1.82) is 0 Å². The van der Waals surface area contributed by atoms with Crippen LogP contribution in [-0.4, -0.2) is 21.6 Å². The van der Waals surface area contributed by atoms with Gasteiger partial charge in [-0.3, -0.25) is 4.98 Å². The molecule has 0 atom stereocenters. The second kappa shape index (κ2) is 3.91. The standard InChI is InChI=1S/C10H12N4/c1-11-9-2-3-13-10(6-9)7-14-5-4-12-8-14/h2-6,8H,7H2,1H3,(H,11,13). The molecule has 2 heterocycles. The van der Waals surface area contributed by atoms with Crippen LogP contribution in [0, 0.1) is 0 Å². The number of anilines is 1. The molecule has 0 amide bonds. The lowest BCUT2D eigenvalue weighted by atomic mass is 10.3. The fourth-order valence-corrected chi connectivity index (χ4v) is 1.29. The highest BCUT2D eigenvalue weighted by atomic mass is 15.0. The number of aromatic nitrogens is 3. The molecule has 2 aromatic rings. The summed E-state index contributed by atoms with van der Waals surface area (Å²) in [6.07, 6.45) is 7.28. The Balaban J connectivity index is 2.17. The minimum atomic E-state index is 0.759. The number of imidazole rings is 1. The second-order valence-corrected chi connectivity index (χ2v) is 3.02. The Morgan fingerprint density at radius 2 is 2.36 bits per heavy atom. The summed E-state index contributed by atoms with van der Waals surface area (Å²) in [4.78, 5) is 8.25. The number of nitrogens with zero attached hydrogens (tertiary/aromatic N) is 3. The van der Waals surface area contributed by atoms with Crippen molar-refractivity contribution in [2.24, 2.45) is 0 Å². The topological polar surface area (TPSA) is 42.7 Å². The minimum Gasteiger partial charge on any atom is -0.388 e. The van der Waals surface area contributed by atoms with Crippen LogP contribution in [0.4, 0.5) is 5.69 Å². The average Bonchev–Trinajstić information content (AvgIpc) is 2.71. The Labute approximate surface area is 82.6 Å². The molecule has 2 aromatic heterocycles. The van der Waals surface area contributed by atoms with Gasteiger partial charge >= 0.3 is 0 Å². The van der Waals surface area contributed by atoms with Gasteiger partial charge in [0.25, 0.3) is 0 Å². The van der Waals surface area contributed by atoms with Crippen LogP contribution >= 0.6 is 0 Å². The summed E-state index contributed by atoms with van der Waals surface area (Å²) >= 11 is 0. The van der Waals surface area contributed by atoms with E-state index in [4.69, 9.17) is 0 Å². The third-order valence-electron chi connectivity index (χ3n) is 2.01. The molecule has 1 N–H and O–H groups in total. The lowest BCUT2D eigenvalue weighted by Gasteiger charge is -2.04. The Bertz CT molecular complexity index is 394. The van der Waals surface area contributed by atoms with Crippen molar-refractivity contribution in [2.75, 3.05) is 12.4 Å². The Hall–Kier alpha value is -1.84. The maximum Gasteiger partial charge on any atom is 0.0949 e. The van der Waals surface area contributed by atoms with Crippen LogP contribution in [0.25, 0.3) is 0 Å². The van der Waals surface area contributed by atoms with Crippen LogP contribution in [0.5, 0.6) is 0 Å². The van der Waals surface area contributed by atoms with Gasteiger partial charge < -0.3 is 9.88 Å². The van der Waals surface area contributed by atoms with E-state index in [-0.39, 0.29) is 0 Å². The zero-order chi connectivity index (χ0) is 9.80. The first kappa shape index (κ1) is 8.74. The number of pyridine rings is 1. The fraction of sp³-hybridized carbons (Fsp3) is 0.200. The highest BCUT2D eigenvalue weighted by Gasteiger charge is 1.96. The molecule has 0 saturated heterocycles. The molecule has 0 unspecified atom stereocenters. The summed E-state index contributed by atoms with van der Waals surface area (Å²) in [5, 5.41) is 3.08. The molecule has 0 aromatic carbocycles. The van der Waals surface area contributed by atoms with Crippen LogP contribution in [-0.2, 0) is 6.54 Å². The molecule has 0 aliphatic carbocycles. The van der Waals surface area contributed by atoms with E-state index in [9.17, 15) is 0 Å². The summed E-state index contributed by atoms with van der Waals surface area (Å²) in [6.45, 7) is 0.759. The van der Waals surface area contributed by atoms with Crippen LogP contribution in [0.3, 0.4) is 0 Å². The first-order valence-electron chi connectivity index (χ1n) is 4.47. The Morgan fingerprint density at radius 1 is 1.43 bits per heavy atom. The molecule has 14 heavy (non-hydrogen) atoms. The second-order valence-electron chi connectivity index (χ2n) is 3.02. The summed E-state index contributed by atoms with van der Waals surface area (Å²) in [7, 11) is 1.90. The Morgan fingerprint density at radius 3 is 3.07 bits per heavy atom. The van der Waals surface area contributed by atoms with Gasteiger partial charge in [-0.15, -0.1) is 0 Å². The van der Waals surface area contributed by atoms with Gasteiger partial charge in [-0.2, -0.15) is 0 Å². The molecule has 72 valence electrons. The highest BCUT2D eigenvalue weighted by Crippen LogP contribution is 2.07. The monoisotopic (exact) mass is 188 g/mol. The van der Waals surface area contributed by atoms with Crippen molar-refractivity contribution < 1.29 is 0 Å². The SMILES string of the molecule is CNc1ccnc(Cn2ccnc2)c1. The normalized spacial score (nSPS) is 10.1. The van der Waals surface area contributed by atoms with Crippen LogP contribution in [0.2, 0.25) is 0 Å². The maximum atomic E-state index is 4.27. The summed E-state index contributed by atoms with van der Waals surface area (Å²) in [6, 6.07) is 3.97. The van der Waals surface area contributed by atoms with E-state index in [1.165, 1.54) is 0 Å². The largest absolute Gasteiger partial charge is 0.388 e. The minimum absolute atomic E-state index is 0.759. The lowest BCUT2D eigenvalue weighted by molar-refractivity contribution is 0.773. The van der Waals surface area contributed by atoms with Crippen LogP contribution < -0.4 is 5.32 Å². The van der Waals surface area contributed by atoms with E-state index in [0.29, 0.717) is 0 Å². The Kier molecular flexibility index (Phi) is 2.44. The molecule has 4 nitrogen and oxygen atoms in total. The molecule has 0 fully saturated rings. The quantitative estimate of drug-likeness (QED) is 0.791. The number of rotatable bonds is 3. The van der Waals surface area contributed by atoms with Crippen LogP contribution in [0.1, 0.15) is 5.69 Å². The fourth-order valence-electron chi connectivity index (χ4n) is 1.29. The molecule has 0 radical (unpaired) electrons. The van der Waals surface area contributed by atoms with Crippen molar-refractivity contribution in [3.05, 3.63) is 42.7 Å². The van der Waals surface area contributed by atoms with Crippen LogP contribution in [0.15, 0.2) is 37.1 Å². The molecule has 0 bridgehead atoms. The molecular formula is C10H12N4. The van der Waals surface area contributed by atoms with E-state index in [0.717, 1.165) is 17.9 Å². The highest BCUT2D eigenvalue weighted by molar-refractivity contribution is 5.42. The predicted octanol–water partition coefficient (Wildman–Crippen LogP) is 1.37. The van der Waals surface area contributed by atoms with Gasteiger partial charge in [0.15, 0.2) is 0 Å². The summed E-state index contributed by atoms with van der Waals surface area (Å²) < 4.78 is 1.99. The first-order valence-corrected chi connectivity index (χ1v) is 4.47. The van der Waals surface area contributed by atoms with Gasteiger partial charge in [-0.1, -0.05) is 0 Å². The predicted molar refractivity (Wildman–Crippen MR) is 55.1 cm³/mol. The van der Waals surface area contributed by atoms with Crippen molar-refractivity contribution in [3.8, 4) is 0 Å². The maximum absolute atomic E-state index is 4.27. The molecule has 0 spiro atoms. The van der Waals surface area contributed by atoms with E-state index in [1.807, 2.05) is 29.9 Å². The zero-order valence-electron chi connectivity index (χ0n) is 8.01. The van der Waals surface area contributed by atoms with E-state index >= 15 is 0 Å². The smallest absolute Gasteiger partial charge is 0.0949 e. The third-order valence-corrected chi connectivity index (χ3v) is 2.01. The average molecular weight is 188 g/mol. The number of nitrogens with one attached hydrogen (secondary N) is 1. The van der Waals surface area contributed by atoms with Crippen molar-refractivity contribution >= 4 is 5.69 Å². The van der Waals surface area contributed by atoms with Crippen molar-refractivity contribution in [1.82, 2.24) is 14.5 Å². The lowest BCUT2D eigenvalue weighted by Crippen LogP contribution is -2.00. The molecule has 4 heteroatoms. The van der Waals surface area contributed by atoms with Crippen molar-refractivity contribution in [3.63, 3.8) is 0 Å². The molecule has 0 aliphatic heterocycles. The van der Waals surface area contributed by atoms with E-state index < -0.39 is 0 Å². The van der Waals surface area contributed by atoms with E-state index in [2.05, 4.69) is 15.3 Å². The number of hydrogen-bond donors (Lipinski definition) is 1. The first-order chi connectivity index (χ1) is 6.88. The van der Waals surface area contributed by atoms with Gasteiger partial charge in [0.2, 0.25) is 0 Å². The molecule has 2 rings (SSSR count). The van der Waals surface area contributed by atoms with Gasteiger partial charge in [-0.25, -0.2) is 4.98 Å². The van der Waals surface area contributed by atoms with E-state index in [1.54, 1.807) is 18.7 Å². The molecular weight excluding hydrogens is 176 g/mol. The van der Waals surface area contributed by atoms with Crippen molar-refractivity contribution in [2.45, 2.75) is 6.54 Å². The number of hydrogen-bond acceptors (Lipinski definition) is 3. The van der Waals surface area contributed by atoms with Gasteiger partial charge in [0.05, 0.1) is 18.6 Å². The van der Waals surface area contributed by atoms with Gasteiger partial charge in [0, 0.05) is 31.3 Å². The summed E-state index contributed by atoms with van der Waals surface area (Å²) in [5.41, 5.74) is 2.10. The van der Waals surface area contributed by atoms with Gasteiger partial charge in [-0.05, 0) is 12.1 Å².